The van der Waals surface area contributed by atoms with Crippen molar-refractivity contribution in [3.05, 3.63) is 11.1 Å². The van der Waals surface area contributed by atoms with Crippen LogP contribution in [0.25, 0.3) is 0 Å². The fraction of sp³-hybridized carbons (Fsp3) is 0.833. The minimum atomic E-state index is -4.57. The SMILES string of the molecule is CC(C)n1cnn(CN2CCC(O)(C(F)(F)F)CC2)c1=S. The van der Waals surface area contributed by atoms with Gasteiger partial charge in [0.05, 0.1) is 6.67 Å². The summed E-state index contributed by atoms with van der Waals surface area (Å²) in [6.07, 6.45) is -3.60. The maximum atomic E-state index is 12.7. The van der Waals surface area contributed by atoms with E-state index >= 15 is 0 Å². The Kier molecular flexibility index (Phi) is 4.46. The molecule has 1 aromatic heterocycles. The lowest BCUT2D eigenvalue weighted by atomic mass is 9.91. The Hall–Kier alpha value is -0.930. The van der Waals surface area contributed by atoms with Gasteiger partial charge in [-0.3, -0.25) is 4.90 Å². The zero-order valence-electron chi connectivity index (χ0n) is 12.0. The van der Waals surface area contributed by atoms with Gasteiger partial charge < -0.3 is 9.67 Å². The topological polar surface area (TPSA) is 46.2 Å². The molecule has 1 fully saturated rings. The predicted molar refractivity (Wildman–Crippen MR) is 73.2 cm³/mol. The number of halogens is 3. The fourth-order valence-electron chi connectivity index (χ4n) is 2.34. The van der Waals surface area contributed by atoms with E-state index in [1.165, 1.54) is 0 Å². The van der Waals surface area contributed by atoms with Gasteiger partial charge in [0.15, 0.2) is 10.4 Å². The summed E-state index contributed by atoms with van der Waals surface area (Å²) in [6, 6.07) is 0.183. The van der Waals surface area contributed by atoms with E-state index in [1.54, 1.807) is 11.0 Å². The van der Waals surface area contributed by atoms with E-state index in [0.717, 1.165) is 0 Å². The van der Waals surface area contributed by atoms with E-state index in [4.69, 9.17) is 12.2 Å². The summed E-state index contributed by atoms with van der Waals surface area (Å²) < 4.78 is 42.1. The van der Waals surface area contributed by atoms with E-state index in [1.807, 2.05) is 23.3 Å². The van der Waals surface area contributed by atoms with Crippen molar-refractivity contribution in [1.82, 2.24) is 19.2 Å². The van der Waals surface area contributed by atoms with Crippen molar-refractivity contribution in [1.29, 1.82) is 0 Å². The number of nitrogens with zero attached hydrogens (tertiary/aromatic N) is 4. The number of aliphatic hydroxyl groups is 1. The predicted octanol–water partition coefficient (Wildman–Crippen LogP) is 2.34. The number of aromatic nitrogens is 3. The molecule has 0 saturated carbocycles. The van der Waals surface area contributed by atoms with Gasteiger partial charge in [-0.05, 0) is 38.9 Å². The highest BCUT2D eigenvalue weighted by Crippen LogP contribution is 2.38. The second-order valence-corrected chi connectivity index (χ2v) is 6.07. The zero-order chi connectivity index (χ0) is 15.8. The van der Waals surface area contributed by atoms with Crippen molar-refractivity contribution in [2.45, 2.75) is 51.2 Å². The first-order chi connectivity index (χ1) is 9.64. The fourth-order valence-corrected chi connectivity index (χ4v) is 2.70. The summed E-state index contributed by atoms with van der Waals surface area (Å²) in [4.78, 5) is 1.81. The maximum absolute atomic E-state index is 12.7. The van der Waals surface area contributed by atoms with Crippen molar-refractivity contribution < 1.29 is 18.3 Å². The molecule has 0 aliphatic carbocycles. The van der Waals surface area contributed by atoms with E-state index in [0.29, 0.717) is 11.4 Å². The van der Waals surface area contributed by atoms with Crippen LogP contribution in [-0.4, -0.2) is 49.2 Å². The van der Waals surface area contributed by atoms with Crippen molar-refractivity contribution in [3.63, 3.8) is 0 Å². The number of alkyl halides is 3. The Balaban J connectivity index is 2.00. The highest BCUT2D eigenvalue weighted by molar-refractivity contribution is 7.71. The van der Waals surface area contributed by atoms with Gasteiger partial charge in [0, 0.05) is 19.1 Å². The van der Waals surface area contributed by atoms with Crippen molar-refractivity contribution in [3.8, 4) is 0 Å². The first-order valence-electron chi connectivity index (χ1n) is 6.79. The summed E-state index contributed by atoms with van der Waals surface area (Å²) in [7, 11) is 0. The van der Waals surface area contributed by atoms with Crippen molar-refractivity contribution in [2.24, 2.45) is 0 Å². The normalized spacial score (nSPS) is 20.1. The number of hydrogen-bond acceptors (Lipinski definition) is 4. The minimum Gasteiger partial charge on any atom is -0.380 e. The number of piperidine rings is 1. The Morgan fingerprint density at radius 2 is 1.95 bits per heavy atom. The van der Waals surface area contributed by atoms with E-state index in [9.17, 15) is 18.3 Å². The molecular weight excluding hydrogens is 305 g/mol. The third-order valence-corrected chi connectivity index (χ3v) is 4.28. The van der Waals surface area contributed by atoms with Crippen LogP contribution in [0.2, 0.25) is 0 Å². The Morgan fingerprint density at radius 1 is 1.38 bits per heavy atom. The molecule has 1 aliphatic rings. The second kappa shape index (κ2) is 5.69. The molecule has 1 aromatic rings. The lowest BCUT2D eigenvalue weighted by molar-refractivity contribution is -0.273. The molecule has 0 aromatic carbocycles. The van der Waals surface area contributed by atoms with Gasteiger partial charge >= 0.3 is 6.18 Å². The summed E-state index contributed by atoms with van der Waals surface area (Å²) in [5, 5.41) is 13.8. The molecule has 120 valence electrons. The van der Waals surface area contributed by atoms with Crippen LogP contribution in [0.3, 0.4) is 0 Å². The highest BCUT2D eigenvalue weighted by atomic mass is 32.1. The van der Waals surface area contributed by atoms with Crippen molar-refractivity contribution in [2.75, 3.05) is 13.1 Å². The summed E-state index contributed by atoms with van der Waals surface area (Å²) in [5.41, 5.74) is -2.57. The molecule has 0 atom stereocenters. The summed E-state index contributed by atoms with van der Waals surface area (Å²) >= 11 is 5.28. The third kappa shape index (κ3) is 3.29. The molecule has 5 nitrogen and oxygen atoms in total. The first kappa shape index (κ1) is 16.4. The standard InChI is InChI=1S/C12H19F3N4OS/c1-9(2)18-7-16-19(10(18)21)8-17-5-3-11(20,4-6-17)12(13,14)15/h7,9,20H,3-6,8H2,1-2H3. The van der Waals surface area contributed by atoms with Crippen LogP contribution in [-0.2, 0) is 6.67 Å². The molecule has 21 heavy (non-hydrogen) atoms. The minimum absolute atomic E-state index is 0.159. The van der Waals surface area contributed by atoms with Gasteiger partial charge in [-0.25, -0.2) is 4.68 Å². The van der Waals surface area contributed by atoms with Crippen molar-refractivity contribution >= 4 is 12.2 Å². The molecule has 2 heterocycles. The molecule has 1 aliphatic heterocycles. The van der Waals surface area contributed by atoms with Gasteiger partial charge in [-0.1, -0.05) is 0 Å². The molecule has 2 rings (SSSR count). The molecule has 0 radical (unpaired) electrons. The maximum Gasteiger partial charge on any atom is 0.417 e. The summed E-state index contributed by atoms with van der Waals surface area (Å²) in [5.74, 6) is 0. The average Bonchev–Trinajstić information content (AvgIpc) is 2.73. The van der Waals surface area contributed by atoms with E-state index in [-0.39, 0.29) is 32.0 Å². The van der Waals surface area contributed by atoms with Crippen LogP contribution in [0.5, 0.6) is 0 Å². The van der Waals surface area contributed by atoms with Crippen LogP contribution in [0.15, 0.2) is 6.33 Å². The Labute approximate surface area is 126 Å². The molecular formula is C12H19F3N4OS. The zero-order valence-corrected chi connectivity index (χ0v) is 12.8. The van der Waals surface area contributed by atoms with Gasteiger partial charge in [-0.15, -0.1) is 0 Å². The molecule has 1 saturated heterocycles. The van der Waals surface area contributed by atoms with Gasteiger partial charge in [0.2, 0.25) is 0 Å². The first-order valence-corrected chi connectivity index (χ1v) is 7.20. The second-order valence-electron chi connectivity index (χ2n) is 5.70. The molecule has 0 bridgehead atoms. The van der Waals surface area contributed by atoms with Crippen LogP contribution in [0.4, 0.5) is 13.2 Å². The molecule has 0 spiro atoms. The lowest BCUT2D eigenvalue weighted by Crippen LogP contribution is -2.53. The van der Waals surface area contributed by atoms with Crippen LogP contribution in [0.1, 0.15) is 32.7 Å². The molecule has 1 N–H and O–H groups in total. The summed E-state index contributed by atoms with van der Waals surface area (Å²) in [6.45, 7) is 4.61. The highest BCUT2D eigenvalue weighted by Gasteiger charge is 2.54. The lowest BCUT2D eigenvalue weighted by Gasteiger charge is -2.38. The molecule has 0 unspecified atom stereocenters. The van der Waals surface area contributed by atoms with Gasteiger partial charge in [-0.2, -0.15) is 18.3 Å². The largest absolute Gasteiger partial charge is 0.417 e. The molecule has 9 heteroatoms. The Bertz CT molecular complexity index is 543. The Morgan fingerprint density at radius 3 is 2.38 bits per heavy atom. The van der Waals surface area contributed by atoms with Gasteiger partial charge in [0.1, 0.15) is 6.33 Å². The van der Waals surface area contributed by atoms with Crippen LogP contribution >= 0.6 is 12.2 Å². The number of rotatable bonds is 3. The van der Waals surface area contributed by atoms with Crippen LogP contribution < -0.4 is 0 Å². The quantitative estimate of drug-likeness (QED) is 0.867. The van der Waals surface area contributed by atoms with Gasteiger partial charge in [0.25, 0.3) is 0 Å². The number of hydrogen-bond donors (Lipinski definition) is 1. The van der Waals surface area contributed by atoms with Crippen LogP contribution in [0, 0.1) is 4.77 Å². The average molecular weight is 324 g/mol. The van der Waals surface area contributed by atoms with E-state index in [2.05, 4.69) is 5.10 Å². The molecule has 0 amide bonds. The smallest absolute Gasteiger partial charge is 0.380 e. The third-order valence-electron chi connectivity index (χ3n) is 3.86. The number of likely N-dealkylation sites (tertiary alicyclic amines) is 1. The van der Waals surface area contributed by atoms with E-state index < -0.39 is 11.8 Å². The monoisotopic (exact) mass is 324 g/mol.